The zero-order valence-corrected chi connectivity index (χ0v) is 15.9. The highest BCUT2D eigenvalue weighted by molar-refractivity contribution is 9.10. The van der Waals surface area contributed by atoms with Crippen molar-refractivity contribution in [2.24, 2.45) is 0 Å². The largest absolute Gasteiger partial charge is 0.465 e. The number of pyridine rings is 2. The quantitative estimate of drug-likeness (QED) is 0.825. The molecule has 1 aliphatic rings. The number of carbonyl (C=O) groups excluding carboxylic acids is 1. The number of anilines is 1. The van der Waals surface area contributed by atoms with Gasteiger partial charge in [0, 0.05) is 30.0 Å². The highest BCUT2D eigenvalue weighted by Crippen LogP contribution is 2.26. The molecule has 1 unspecified atom stereocenters. The van der Waals surface area contributed by atoms with Crippen molar-refractivity contribution in [1.29, 1.82) is 0 Å². The number of hydrogen-bond acceptors (Lipinski definition) is 4. The average molecular weight is 419 g/mol. The summed E-state index contributed by atoms with van der Waals surface area (Å²) < 4.78 is 0.782. The number of piperidine rings is 1. The minimum absolute atomic E-state index is 0.258. The molecule has 2 aromatic heterocycles. The molecule has 1 N–H and O–H groups in total. The van der Waals surface area contributed by atoms with Crippen LogP contribution in [-0.2, 0) is 0 Å². The molecule has 3 heterocycles. The monoisotopic (exact) mass is 418 g/mol. The SMILES string of the molecule is Cc1cccnc1N(C(=O)c1ccc(Br)cn1)C1CCCN(C(=O)O)C1. The summed E-state index contributed by atoms with van der Waals surface area (Å²) in [6, 6.07) is 6.81. The highest BCUT2D eigenvalue weighted by Gasteiger charge is 2.33. The van der Waals surface area contributed by atoms with E-state index in [9.17, 15) is 14.7 Å². The molecule has 1 fully saturated rings. The molecule has 26 heavy (non-hydrogen) atoms. The molecule has 7 nitrogen and oxygen atoms in total. The first-order valence-electron chi connectivity index (χ1n) is 8.32. The molecule has 0 aliphatic carbocycles. The molecule has 136 valence electrons. The molecule has 0 radical (unpaired) electrons. The van der Waals surface area contributed by atoms with E-state index in [0.29, 0.717) is 30.9 Å². The molecule has 1 saturated heterocycles. The second kappa shape index (κ2) is 7.82. The number of carboxylic acid groups (broad SMARTS) is 1. The second-order valence-electron chi connectivity index (χ2n) is 6.21. The van der Waals surface area contributed by atoms with Crippen LogP contribution < -0.4 is 4.90 Å². The van der Waals surface area contributed by atoms with Gasteiger partial charge in [-0.25, -0.2) is 14.8 Å². The first kappa shape index (κ1) is 18.3. The highest BCUT2D eigenvalue weighted by atomic mass is 79.9. The fourth-order valence-electron chi connectivity index (χ4n) is 3.13. The van der Waals surface area contributed by atoms with Crippen LogP contribution in [0.1, 0.15) is 28.9 Å². The van der Waals surface area contributed by atoms with Gasteiger partial charge >= 0.3 is 6.09 Å². The molecule has 0 bridgehead atoms. The van der Waals surface area contributed by atoms with Crippen LogP contribution in [0.3, 0.4) is 0 Å². The minimum Gasteiger partial charge on any atom is -0.465 e. The van der Waals surface area contributed by atoms with Crippen molar-refractivity contribution in [2.75, 3.05) is 18.0 Å². The van der Waals surface area contributed by atoms with Crippen molar-refractivity contribution in [2.45, 2.75) is 25.8 Å². The van der Waals surface area contributed by atoms with E-state index in [1.54, 1.807) is 29.4 Å². The summed E-state index contributed by atoms with van der Waals surface area (Å²) in [4.78, 5) is 36.2. The first-order valence-corrected chi connectivity index (χ1v) is 9.11. The van der Waals surface area contributed by atoms with E-state index in [0.717, 1.165) is 10.0 Å². The van der Waals surface area contributed by atoms with Gasteiger partial charge in [0.1, 0.15) is 11.5 Å². The fraction of sp³-hybridized carbons (Fsp3) is 0.333. The molecule has 1 aliphatic heterocycles. The maximum atomic E-state index is 13.2. The topological polar surface area (TPSA) is 86.6 Å². The van der Waals surface area contributed by atoms with Crippen LogP contribution >= 0.6 is 15.9 Å². The van der Waals surface area contributed by atoms with E-state index in [1.165, 1.54) is 4.90 Å². The van der Waals surface area contributed by atoms with Crippen LogP contribution in [-0.4, -0.2) is 51.1 Å². The molecule has 1 atom stereocenters. The summed E-state index contributed by atoms with van der Waals surface area (Å²) in [5, 5.41) is 9.34. The van der Waals surface area contributed by atoms with E-state index in [4.69, 9.17) is 0 Å². The van der Waals surface area contributed by atoms with Gasteiger partial charge < -0.3 is 10.0 Å². The van der Waals surface area contributed by atoms with E-state index in [2.05, 4.69) is 25.9 Å². The van der Waals surface area contributed by atoms with Gasteiger partial charge in [-0.05, 0) is 59.5 Å². The van der Waals surface area contributed by atoms with Gasteiger partial charge in [-0.2, -0.15) is 0 Å². The van der Waals surface area contributed by atoms with Gasteiger partial charge in [0.25, 0.3) is 5.91 Å². The summed E-state index contributed by atoms with van der Waals surface area (Å²) in [5.74, 6) is 0.260. The van der Waals surface area contributed by atoms with E-state index in [-0.39, 0.29) is 18.5 Å². The van der Waals surface area contributed by atoms with Gasteiger partial charge in [-0.3, -0.25) is 9.69 Å². The standard InChI is InChI=1S/C18H19BrN4O3/c1-12-4-2-8-20-16(12)23(14-5-3-9-22(11-14)18(25)26)17(24)15-7-6-13(19)10-21-15/h2,4,6-8,10,14H,3,5,9,11H2,1H3,(H,25,26). The van der Waals surface area contributed by atoms with Gasteiger partial charge in [0.2, 0.25) is 0 Å². The van der Waals surface area contributed by atoms with Crippen molar-refractivity contribution in [3.63, 3.8) is 0 Å². The Morgan fingerprint density at radius 1 is 1.31 bits per heavy atom. The summed E-state index contributed by atoms with van der Waals surface area (Å²) in [7, 11) is 0. The van der Waals surface area contributed by atoms with Crippen LogP contribution in [0, 0.1) is 6.92 Å². The zero-order chi connectivity index (χ0) is 18.7. The summed E-state index contributed by atoms with van der Waals surface area (Å²) >= 11 is 3.32. The number of rotatable bonds is 3. The molecular weight excluding hydrogens is 400 g/mol. The third-order valence-corrected chi connectivity index (χ3v) is 4.88. The summed E-state index contributed by atoms with van der Waals surface area (Å²) in [5.41, 5.74) is 1.15. The molecule has 0 saturated carbocycles. The second-order valence-corrected chi connectivity index (χ2v) is 7.12. The average Bonchev–Trinajstić information content (AvgIpc) is 2.64. The van der Waals surface area contributed by atoms with Crippen molar-refractivity contribution in [3.05, 3.63) is 52.4 Å². The van der Waals surface area contributed by atoms with E-state index < -0.39 is 6.09 Å². The van der Waals surface area contributed by atoms with E-state index >= 15 is 0 Å². The van der Waals surface area contributed by atoms with Gasteiger partial charge in [-0.15, -0.1) is 0 Å². The molecule has 3 rings (SSSR count). The predicted molar refractivity (Wildman–Crippen MR) is 100 cm³/mol. The van der Waals surface area contributed by atoms with Crippen molar-refractivity contribution in [3.8, 4) is 0 Å². The number of likely N-dealkylation sites (tertiary alicyclic amines) is 1. The number of aromatic nitrogens is 2. The minimum atomic E-state index is -0.971. The van der Waals surface area contributed by atoms with Crippen LogP contribution in [0.5, 0.6) is 0 Å². The lowest BCUT2D eigenvalue weighted by molar-refractivity contribution is 0.0936. The predicted octanol–water partition coefficient (Wildman–Crippen LogP) is 3.34. The number of aryl methyl sites for hydroxylation is 1. The van der Waals surface area contributed by atoms with Gasteiger partial charge in [0.05, 0.1) is 6.04 Å². The normalized spacial score (nSPS) is 17.0. The first-order chi connectivity index (χ1) is 12.5. The summed E-state index contributed by atoms with van der Waals surface area (Å²) in [6.45, 7) is 2.62. The molecule has 0 spiro atoms. The fourth-order valence-corrected chi connectivity index (χ4v) is 3.36. The molecule has 2 amide bonds. The Morgan fingerprint density at radius 3 is 2.77 bits per heavy atom. The van der Waals surface area contributed by atoms with Crippen molar-refractivity contribution in [1.82, 2.24) is 14.9 Å². The lowest BCUT2D eigenvalue weighted by Crippen LogP contribution is -2.52. The lowest BCUT2D eigenvalue weighted by Gasteiger charge is -2.38. The summed E-state index contributed by atoms with van der Waals surface area (Å²) in [6.07, 6.45) is 3.64. The van der Waals surface area contributed by atoms with Crippen LogP contribution in [0.25, 0.3) is 0 Å². The molecule has 0 aromatic carbocycles. The molecular formula is C18H19BrN4O3. The van der Waals surface area contributed by atoms with Crippen LogP contribution in [0.15, 0.2) is 41.1 Å². The smallest absolute Gasteiger partial charge is 0.407 e. The number of halogens is 1. The Kier molecular flexibility index (Phi) is 5.51. The van der Waals surface area contributed by atoms with Gasteiger partial charge in [0.15, 0.2) is 0 Å². The van der Waals surface area contributed by atoms with Crippen LogP contribution in [0.4, 0.5) is 10.6 Å². The maximum absolute atomic E-state index is 13.2. The third-order valence-electron chi connectivity index (χ3n) is 4.41. The Balaban J connectivity index is 1.99. The Morgan fingerprint density at radius 2 is 2.12 bits per heavy atom. The van der Waals surface area contributed by atoms with Gasteiger partial charge in [-0.1, -0.05) is 6.07 Å². The number of amides is 2. The number of nitrogens with zero attached hydrogens (tertiary/aromatic N) is 4. The molecule has 8 heteroatoms. The Labute approximate surface area is 159 Å². The van der Waals surface area contributed by atoms with Crippen molar-refractivity contribution < 1.29 is 14.7 Å². The Hall–Kier alpha value is -2.48. The third kappa shape index (κ3) is 3.85. The lowest BCUT2D eigenvalue weighted by atomic mass is 10.0. The van der Waals surface area contributed by atoms with Crippen LogP contribution in [0.2, 0.25) is 0 Å². The van der Waals surface area contributed by atoms with E-state index in [1.807, 2.05) is 19.1 Å². The van der Waals surface area contributed by atoms with Crippen molar-refractivity contribution >= 4 is 33.7 Å². The Bertz CT molecular complexity index is 812. The molecule has 2 aromatic rings. The number of hydrogen-bond donors (Lipinski definition) is 1. The zero-order valence-electron chi connectivity index (χ0n) is 14.3. The number of carbonyl (C=O) groups is 2. The maximum Gasteiger partial charge on any atom is 0.407 e.